The Labute approximate surface area is 205 Å². The number of hydrogen-bond acceptors (Lipinski definition) is 6. The molecule has 1 spiro atoms. The van der Waals surface area contributed by atoms with E-state index in [-0.39, 0.29) is 25.0 Å². The number of rotatable bonds is 7. The summed E-state index contributed by atoms with van der Waals surface area (Å²) in [6.07, 6.45) is 9.28. The van der Waals surface area contributed by atoms with Crippen LogP contribution < -0.4 is 0 Å². The van der Waals surface area contributed by atoms with Crippen LogP contribution in [0.5, 0.6) is 0 Å². The highest BCUT2D eigenvalue weighted by atomic mass is 16.6. The predicted molar refractivity (Wildman–Crippen MR) is 127 cm³/mol. The van der Waals surface area contributed by atoms with Crippen LogP contribution in [-0.2, 0) is 30.4 Å². The first kappa shape index (κ1) is 23.8. The monoisotopic (exact) mass is 480 g/mol. The van der Waals surface area contributed by atoms with E-state index in [9.17, 15) is 14.4 Å². The third-order valence-corrected chi connectivity index (χ3v) is 7.67. The average molecular weight is 481 g/mol. The number of aliphatic hydroxyl groups is 1. The molecule has 5 atom stereocenters. The molecule has 0 aromatic heterocycles. The van der Waals surface area contributed by atoms with Crippen molar-refractivity contribution in [3.8, 4) is 0 Å². The number of cyclic esters (lactones) is 1. The fourth-order valence-electron chi connectivity index (χ4n) is 6.16. The summed E-state index contributed by atoms with van der Waals surface area (Å²) >= 11 is 0. The first-order valence-electron chi connectivity index (χ1n) is 12.4. The minimum Gasteiger partial charge on any atom is -0.461 e. The van der Waals surface area contributed by atoms with E-state index in [2.05, 4.69) is 0 Å². The SMILES string of the molecule is C[C@]12C=CCOC(=O)[C@H]1[C@H]1C(=O)N(CCCCCO)C3C(=O)N(Cc4ccccc4)CC=C[C@@]31O2. The van der Waals surface area contributed by atoms with Crippen LogP contribution in [0.1, 0.15) is 31.7 Å². The lowest BCUT2D eigenvalue weighted by Gasteiger charge is -2.37. The molecule has 1 aromatic carbocycles. The summed E-state index contributed by atoms with van der Waals surface area (Å²) in [5, 5.41) is 9.17. The van der Waals surface area contributed by atoms with Gasteiger partial charge in [0, 0.05) is 26.2 Å². The molecule has 0 aliphatic carbocycles. The van der Waals surface area contributed by atoms with Crippen molar-refractivity contribution in [3.63, 3.8) is 0 Å². The zero-order valence-electron chi connectivity index (χ0n) is 20.0. The van der Waals surface area contributed by atoms with Crippen LogP contribution in [0.4, 0.5) is 0 Å². The van der Waals surface area contributed by atoms with Gasteiger partial charge < -0.3 is 24.4 Å². The third kappa shape index (κ3) is 3.89. The van der Waals surface area contributed by atoms with E-state index in [0.29, 0.717) is 32.5 Å². The van der Waals surface area contributed by atoms with Gasteiger partial charge in [0.05, 0.1) is 11.5 Å². The average Bonchev–Trinajstić information content (AvgIpc) is 3.10. The molecule has 4 heterocycles. The Bertz CT molecular complexity index is 1060. The molecule has 5 rings (SSSR count). The summed E-state index contributed by atoms with van der Waals surface area (Å²) in [5.74, 6) is -2.59. The summed E-state index contributed by atoms with van der Waals surface area (Å²) in [7, 11) is 0. The maximum absolute atomic E-state index is 14.1. The van der Waals surface area contributed by atoms with Crippen LogP contribution in [0.25, 0.3) is 0 Å². The molecule has 0 saturated carbocycles. The van der Waals surface area contributed by atoms with Gasteiger partial charge in [-0.2, -0.15) is 0 Å². The highest BCUT2D eigenvalue weighted by Gasteiger charge is 2.74. The number of hydrogen-bond donors (Lipinski definition) is 1. The van der Waals surface area contributed by atoms with Crippen molar-refractivity contribution in [1.82, 2.24) is 9.80 Å². The fraction of sp³-hybridized carbons (Fsp3) is 0.519. The number of carbonyl (C=O) groups excluding carboxylic acids is 3. The number of nitrogens with zero attached hydrogens (tertiary/aromatic N) is 2. The Morgan fingerprint density at radius 1 is 1.00 bits per heavy atom. The molecule has 2 saturated heterocycles. The number of amides is 2. The molecule has 8 nitrogen and oxygen atoms in total. The van der Waals surface area contributed by atoms with E-state index in [1.165, 1.54) is 0 Å². The number of benzene rings is 1. The molecular formula is C27H32N2O6. The smallest absolute Gasteiger partial charge is 0.313 e. The van der Waals surface area contributed by atoms with Crippen LogP contribution in [0.15, 0.2) is 54.6 Å². The minimum absolute atomic E-state index is 0.0815. The van der Waals surface area contributed by atoms with Gasteiger partial charge >= 0.3 is 5.97 Å². The van der Waals surface area contributed by atoms with Gasteiger partial charge in [-0.3, -0.25) is 14.4 Å². The quantitative estimate of drug-likeness (QED) is 0.363. The molecule has 8 heteroatoms. The van der Waals surface area contributed by atoms with Crippen molar-refractivity contribution >= 4 is 17.8 Å². The second-order valence-corrected chi connectivity index (χ2v) is 9.95. The van der Waals surface area contributed by atoms with Gasteiger partial charge in [0.1, 0.15) is 24.2 Å². The molecule has 2 amide bonds. The third-order valence-electron chi connectivity index (χ3n) is 7.67. The van der Waals surface area contributed by atoms with Crippen molar-refractivity contribution in [3.05, 3.63) is 60.2 Å². The van der Waals surface area contributed by atoms with Crippen LogP contribution in [0.2, 0.25) is 0 Å². The molecule has 35 heavy (non-hydrogen) atoms. The van der Waals surface area contributed by atoms with Gasteiger partial charge in [-0.25, -0.2) is 0 Å². The second-order valence-electron chi connectivity index (χ2n) is 9.95. The van der Waals surface area contributed by atoms with Gasteiger partial charge in [0.15, 0.2) is 0 Å². The van der Waals surface area contributed by atoms with Gasteiger partial charge in [-0.15, -0.1) is 0 Å². The lowest BCUT2D eigenvalue weighted by atomic mass is 9.75. The fourth-order valence-corrected chi connectivity index (χ4v) is 6.16. The molecule has 4 aliphatic heterocycles. The van der Waals surface area contributed by atoms with Crippen molar-refractivity contribution < 1.29 is 29.0 Å². The van der Waals surface area contributed by atoms with Crippen LogP contribution in [-0.4, -0.2) is 76.2 Å². The number of fused-ring (bicyclic) bond motifs is 2. The van der Waals surface area contributed by atoms with Gasteiger partial charge in [-0.05, 0) is 37.8 Å². The maximum Gasteiger partial charge on any atom is 0.313 e. The maximum atomic E-state index is 14.1. The number of likely N-dealkylation sites (tertiary alicyclic amines) is 1. The standard InChI is InChI=1S/C27H32N2O6/c1-26-12-9-17-34-25(33)21(26)20-23(31)29(15-6-3-7-16-30)22-24(32)28(14-8-13-27(20,22)35-26)18-19-10-4-2-5-11-19/h2,4-5,8-13,20-22,30H,3,6-7,14-18H2,1H3/t20-,21+,22?,26-,27-/m0/s1. The first-order valence-corrected chi connectivity index (χ1v) is 12.4. The van der Waals surface area contributed by atoms with Crippen molar-refractivity contribution in [1.29, 1.82) is 0 Å². The summed E-state index contributed by atoms with van der Waals surface area (Å²) in [6, 6.07) is 8.87. The Morgan fingerprint density at radius 2 is 1.80 bits per heavy atom. The highest BCUT2D eigenvalue weighted by Crippen LogP contribution is 2.57. The van der Waals surface area contributed by atoms with Gasteiger partial charge in [0.25, 0.3) is 0 Å². The van der Waals surface area contributed by atoms with E-state index in [1.807, 2.05) is 42.5 Å². The van der Waals surface area contributed by atoms with E-state index in [4.69, 9.17) is 14.6 Å². The van der Waals surface area contributed by atoms with Crippen LogP contribution in [0.3, 0.4) is 0 Å². The summed E-state index contributed by atoms with van der Waals surface area (Å²) in [6.45, 7) is 3.17. The zero-order chi connectivity index (χ0) is 24.6. The zero-order valence-corrected chi connectivity index (χ0v) is 20.0. The molecule has 0 bridgehead atoms. The van der Waals surface area contributed by atoms with E-state index < -0.39 is 35.0 Å². The predicted octanol–water partition coefficient (Wildman–Crippen LogP) is 1.83. The summed E-state index contributed by atoms with van der Waals surface area (Å²) < 4.78 is 12.1. The molecular weight excluding hydrogens is 448 g/mol. The van der Waals surface area contributed by atoms with Gasteiger partial charge in [0.2, 0.25) is 11.8 Å². The van der Waals surface area contributed by atoms with E-state index >= 15 is 0 Å². The number of aliphatic hydroxyl groups excluding tert-OH is 1. The first-order chi connectivity index (χ1) is 16.9. The Balaban J connectivity index is 1.54. The molecule has 186 valence electrons. The summed E-state index contributed by atoms with van der Waals surface area (Å²) in [4.78, 5) is 44.5. The van der Waals surface area contributed by atoms with E-state index in [0.717, 1.165) is 12.0 Å². The normalized spacial score (nSPS) is 33.8. The number of esters is 1. The topological polar surface area (TPSA) is 96.4 Å². The van der Waals surface area contributed by atoms with Crippen molar-refractivity contribution in [2.45, 2.75) is 50.0 Å². The molecule has 1 unspecified atom stereocenters. The number of carbonyl (C=O) groups is 3. The Hall–Kier alpha value is -2.97. The van der Waals surface area contributed by atoms with Crippen molar-refractivity contribution in [2.24, 2.45) is 11.8 Å². The van der Waals surface area contributed by atoms with Crippen LogP contribution in [0, 0.1) is 11.8 Å². The molecule has 1 aromatic rings. The number of unbranched alkanes of at least 4 members (excludes halogenated alkanes) is 2. The molecule has 1 N–H and O–H groups in total. The lowest BCUT2D eigenvalue weighted by molar-refractivity contribution is -0.158. The Kier molecular flexibility index (Phi) is 6.27. The van der Waals surface area contributed by atoms with Crippen molar-refractivity contribution in [2.75, 3.05) is 26.3 Å². The number of ether oxygens (including phenoxy) is 2. The highest BCUT2D eigenvalue weighted by molar-refractivity contribution is 5.99. The van der Waals surface area contributed by atoms with Gasteiger partial charge in [-0.1, -0.05) is 48.6 Å². The second kappa shape index (κ2) is 9.24. The lowest BCUT2D eigenvalue weighted by Crippen LogP contribution is -2.55. The largest absolute Gasteiger partial charge is 0.461 e. The van der Waals surface area contributed by atoms with Crippen LogP contribution >= 0.6 is 0 Å². The molecule has 2 fully saturated rings. The van der Waals surface area contributed by atoms with E-state index in [1.54, 1.807) is 28.9 Å². The molecule has 4 aliphatic rings. The Morgan fingerprint density at radius 3 is 2.57 bits per heavy atom. The summed E-state index contributed by atoms with van der Waals surface area (Å²) in [5.41, 5.74) is -1.30. The molecule has 0 radical (unpaired) electrons. The minimum atomic E-state index is -1.25.